The summed E-state index contributed by atoms with van der Waals surface area (Å²) in [5.41, 5.74) is 1.31. The lowest BCUT2D eigenvalue weighted by molar-refractivity contribution is -0.254. The summed E-state index contributed by atoms with van der Waals surface area (Å²) in [6, 6.07) is 5.04. The average Bonchev–Trinajstić information content (AvgIpc) is 2.87. The van der Waals surface area contributed by atoms with Crippen molar-refractivity contribution in [3.63, 3.8) is 0 Å². The zero-order valence-corrected chi connectivity index (χ0v) is 24.1. The van der Waals surface area contributed by atoms with E-state index < -0.39 is 54.4 Å². The highest BCUT2D eigenvalue weighted by Gasteiger charge is 2.52. The predicted octanol–water partition coefficient (Wildman–Crippen LogP) is 4.34. The van der Waals surface area contributed by atoms with Crippen molar-refractivity contribution in [2.24, 2.45) is 11.8 Å². The summed E-state index contributed by atoms with van der Waals surface area (Å²) in [6.07, 6.45) is 2.03. The zero-order chi connectivity index (χ0) is 29.4. The summed E-state index contributed by atoms with van der Waals surface area (Å²) < 4.78 is 28.1. The van der Waals surface area contributed by atoms with E-state index in [9.17, 15) is 24.3 Å². The van der Waals surface area contributed by atoms with Gasteiger partial charge in [0.1, 0.15) is 24.6 Å². The fourth-order valence-electron chi connectivity index (χ4n) is 5.89. The summed E-state index contributed by atoms with van der Waals surface area (Å²) >= 11 is 0. The third-order valence-electron chi connectivity index (χ3n) is 7.59. The zero-order valence-electron chi connectivity index (χ0n) is 24.1. The molecule has 1 aromatic rings. The Hall–Kier alpha value is -3.14. The number of hydrogen-bond donors (Lipinski definition) is 1. The number of ether oxygens (including phenoxy) is 5. The molecule has 0 spiro atoms. The van der Waals surface area contributed by atoms with Crippen LogP contribution in [0, 0.1) is 11.8 Å². The number of hydrogen-bond acceptors (Lipinski definition) is 10. The Morgan fingerprint density at radius 3 is 1.98 bits per heavy atom. The van der Waals surface area contributed by atoms with Crippen LogP contribution < -0.4 is 0 Å². The molecule has 5 atom stereocenters. The maximum absolute atomic E-state index is 12.2. The Kier molecular flexibility index (Phi) is 11.4. The molecule has 2 aliphatic rings. The second-order valence-electron chi connectivity index (χ2n) is 10.9. The van der Waals surface area contributed by atoms with Gasteiger partial charge in [-0.15, -0.1) is 0 Å². The molecule has 1 aliphatic heterocycles. The van der Waals surface area contributed by atoms with Crippen LogP contribution in [0.1, 0.15) is 90.4 Å². The molecular weight excluding hydrogens is 520 g/mol. The number of carbonyl (C=O) groups is 4. The van der Waals surface area contributed by atoms with Gasteiger partial charge in [-0.3, -0.25) is 19.2 Å². The number of rotatable bonds is 10. The number of aromatic hydroxyl groups is 1. The summed E-state index contributed by atoms with van der Waals surface area (Å²) in [6.45, 7) is 6.74. The van der Waals surface area contributed by atoms with Crippen molar-refractivity contribution in [1.82, 2.24) is 0 Å². The minimum Gasteiger partial charge on any atom is -0.508 e. The van der Waals surface area contributed by atoms with E-state index in [1.165, 1.54) is 53.4 Å². The van der Waals surface area contributed by atoms with Gasteiger partial charge < -0.3 is 28.8 Å². The molecule has 10 heteroatoms. The van der Waals surface area contributed by atoms with Crippen molar-refractivity contribution in [3.8, 4) is 5.75 Å². The van der Waals surface area contributed by atoms with E-state index in [2.05, 4.69) is 6.92 Å². The SMILES string of the molecule is CCCC1CCC(Cc2cc([C@@H]3O[C@H](COC(C)=O)[C@@H](OC(C)=O)[C@H](OC(C)=O)[C@H]3OC(C)=O)ccc2O)CC1. The average molecular weight is 563 g/mol. The van der Waals surface area contributed by atoms with Crippen molar-refractivity contribution in [2.45, 2.75) is 110 Å². The Morgan fingerprint density at radius 2 is 1.40 bits per heavy atom. The Morgan fingerprint density at radius 1 is 0.825 bits per heavy atom. The van der Waals surface area contributed by atoms with Crippen LogP contribution in [0.25, 0.3) is 0 Å². The number of carbonyl (C=O) groups excluding carboxylic acids is 4. The Balaban J connectivity index is 1.95. The van der Waals surface area contributed by atoms with E-state index in [0.717, 1.165) is 24.3 Å². The quantitative estimate of drug-likeness (QED) is 0.324. The van der Waals surface area contributed by atoms with E-state index in [1.54, 1.807) is 12.1 Å². The molecule has 1 aromatic carbocycles. The van der Waals surface area contributed by atoms with Crippen LogP contribution in [0.5, 0.6) is 5.75 Å². The minimum absolute atomic E-state index is 0.157. The van der Waals surface area contributed by atoms with Gasteiger partial charge in [0.2, 0.25) is 0 Å². The second kappa shape index (κ2) is 14.5. The van der Waals surface area contributed by atoms with Gasteiger partial charge in [0.05, 0.1) is 0 Å². The molecule has 40 heavy (non-hydrogen) atoms. The highest BCUT2D eigenvalue weighted by Crippen LogP contribution is 2.40. The Bertz CT molecular complexity index is 1040. The topological polar surface area (TPSA) is 135 Å². The van der Waals surface area contributed by atoms with E-state index in [4.69, 9.17) is 23.7 Å². The molecule has 1 heterocycles. The molecule has 0 bridgehead atoms. The second-order valence-corrected chi connectivity index (χ2v) is 10.9. The molecular formula is C30H42O10. The smallest absolute Gasteiger partial charge is 0.303 e. The molecule has 222 valence electrons. The van der Waals surface area contributed by atoms with Gasteiger partial charge in [-0.2, -0.15) is 0 Å². The van der Waals surface area contributed by atoms with Gasteiger partial charge in [0, 0.05) is 27.7 Å². The van der Waals surface area contributed by atoms with Gasteiger partial charge in [0.25, 0.3) is 0 Å². The minimum atomic E-state index is -1.24. The molecule has 1 N–H and O–H groups in total. The predicted molar refractivity (Wildman–Crippen MR) is 143 cm³/mol. The van der Waals surface area contributed by atoms with Gasteiger partial charge in [0.15, 0.2) is 18.3 Å². The van der Waals surface area contributed by atoms with Gasteiger partial charge in [-0.25, -0.2) is 0 Å². The number of phenolic OH excluding ortho intramolecular Hbond substituents is 1. The van der Waals surface area contributed by atoms with Crippen LogP contribution in [0.3, 0.4) is 0 Å². The molecule has 1 saturated heterocycles. The van der Waals surface area contributed by atoms with Crippen molar-refractivity contribution in [2.75, 3.05) is 6.61 Å². The molecule has 3 rings (SSSR count). The van der Waals surface area contributed by atoms with Crippen LogP contribution >= 0.6 is 0 Å². The van der Waals surface area contributed by atoms with Gasteiger partial charge in [-0.05, 0) is 54.4 Å². The lowest BCUT2D eigenvalue weighted by atomic mass is 9.77. The third-order valence-corrected chi connectivity index (χ3v) is 7.59. The lowest BCUT2D eigenvalue weighted by Gasteiger charge is -2.44. The first-order chi connectivity index (χ1) is 19.0. The van der Waals surface area contributed by atoms with Crippen molar-refractivity contribution in [3.05, 3.63) is 29.3 Å². The highest BCUT2D eigenvalue weighted by atomic mass is 16.7. The lowest BCUT2D eigenvalue weighted by Crippen LogP contribution is -2.59. The van der Waals surface area contributed by atoms with Gasteiger partial charge >= 0.3 is 23.9 Å². The highest BCUT2D eigenvalue weighted by molar-refractivity contribution is 5.69. The van der Waals surface area contributed by atoms with Crippen LogP contribution in [-0.2, 0) is 49.3 Å². The van der Waals surface area contributed by atoms with Crippen molar-refractivity contribution >= 4 is 23.9 Å². The van der Waals surface area contributed by atoms with Crippen LogP contribution in [0.2, 0.25) is 0 Å². The monoisotopic (exact) mass is 562 g/mol. The first kappa shape index (κ1) is 31.4. The molecule has 1 aliphatic carbocycles. The summed E-state index contributed by atoms with van der Waals surface area (Å²) in [5, 5.41) is 10.7. The fraction of sp³-hybridized carbons (Fsp3) is 0.667. The first-order valence-corrected chi connectivity index (χ1v) is 14.1. The van der Waals surface area contributed by atoms with Crippen LogP contribution in [0.4, 0.5) is 0 Å². The maximum Gasteiger partial charge on any atom is 0.303 e. The van der Waals surface area contributed by atoms with E-state index >= 15 is 0 Å². The molecule has 0 unspecified atom stereocenters. The molecule has 0 amide bonds. The molecule has 0 radical (unpaired) electrons. The molecule has 1 saturated carbocycles. The van der Waals surface area contributed by atoms with E-state index in [-0.39, 0.29) is 12.4 Å². The number of benzene rings is 1. The first-order valence-electron chi connectivity index (χ1n) is 14.1. The van der Waals surface area contributed by atoms with E-state index in [0.29, 0.717) is 17.9 Å². The third kappa shape index (κ3) is 8.68. The molecule has 2 fully saturated rings. The van der Waals surface area contributed by atoms with Crippen LogP contribution in [0.15, 0.2) is 18.2 Å². The van der Waals surface area contributed by atoms with Crippen molar-refractivity contribution in [1.29, 1.82) is 0 Å². The number of esters is 4. The fourth-order valence-corrected chi connectivity index (χ4v) is 5.89. The van der Waals surface area contributed by atoms with E-state index in [1.807, 2.05) is 6.07 Å². The molecule has 10 nitrogen and oxygen atoms in total. The Labute approximate surface area is 235 Å². The molecule has 0 aromatic heterocycles. The summed E-state index contributed by atoms with van der Waals surface area (Å²) in [5.74, 6) is -1.24. The normalized spacial score (nSPS) is 28.3. The largest absolute Gasteiger partial charge is 0.508 e. The maximum atomic E-state index is 12.2. The number of phenols is 1. The van der Waals surface area contributed by atoms with Crippen LogP contribution in [-0.4, -0.2) is 60.0 Å². The summed E-state index contributed by atoms with van der Waals surface area (Å²) in [7, 11) is 0. The standard InChI is InChI=1S/C30H42O10/c1-6-7-21-8-10-22(11-9-21)14-24-15-23(12-13-25(24)35)27-29(38-19(4)33)30(39-20(5)34)28(37-18(3)32)26(40-27)16-36-17(2)31/h12-13,15,21-22,26-30,35H,6-11,14,16H2,1-5H3/t21?,22?,26-,27+,28-,29+,30+/m1/s1. The van der Waals surface area contributed by atoms with Gasteiger partial charge in [-0.1, -0.05) is 38.7 Å². The summed E-state index contributed by atoms with van der Waals surface area (Å²) in [4.78, 5) is 47.8. The van der Waals surface area contributed by atoms with Crippen molar-refractivity contribution < 1.29 is 48.0 Å².